The minimum absolute atomic E-state index is 0.291. The molecule has 1 aromatic rings. The number of aliphatic imine (C=N–C) groups is 1. The van der Waals surface area contributed by atoms with Crippen LogP contribution in [0, 0.1) is 0 Å². The fourth-order valence-electron chi connectivity index (χ4n) is 2.79. The second-order valence-corrected chi connectivity index (χ2v) is 6.06. The second-order valence-electron chi connectivity index (χ2n) is 6.06. The van der Waals surface area contributed by atoms with Gasteiger partial charge < -0.3 is 19.7 Å². The molecule has 1 N–H and O–H groups in total. The summed E-state index contributed by atoms with van der Waals surface area (Å²) in [5.74, 6) is 1.93. The number of hydrogen-bond donors (Lipinski definition) is 1. The summed E-state index contributed by atoms with van der Waals surface area (Å²) in [4.78, 5) is 6.69. The van der Waals surface area contributed by atoms with Crippen molar-refractivity contribution in [2.24, 2.45) is 4.99 Å². The van der Waals surface area contributed by atoms with Crippen LogP contribution in [0.2, 0.25) is 0 Å². The Morgan fingerprint density at radius 3 is 2.62 bits per heavy atom. The summed E-state index contributed by atoms with van der Waals surface area (Å²) in [5, 5.41) is 3.39. The van der Waals surface area contributed by atoms with Crippen molar-refractivity contribution in [3.63, 3.8) is 0 Å². The number of unbranched alkanes of at least 4 members (excludes halogenated alkanes) is 1. The Kier molecular flexibility index (Phi) is 8.46. The molecule has 1 heterocycles. The van der Waals surface area contributed by atoms with Crippen LogP contribution >= 0.6 is 0 Å². The molecule has 0 radical (unpaired) electrons. The van der Waals surface area contributed by atoms with Gasteiger partial charge in [0.2, 0.25) is 0 Å². The zero-order valence-corrected chi connectivity index (χ0v) is 15.0. The third kappa shape index (κ3) is 6.40. The summed E-state index contributed by atoms with van der Waals surface area (Å²) in [6.07, 6.45) is 4.63. The number of benzene rings is 1. The maximum atomic E-state index is 6.05. The van der Waals surface area contributed by atoms with Gasteiger partial charge in [0.25, 0.3) is 0 Å². The summed E-state index contributed by atoms with van der Waals surface area (Å²) in [6.45, 7) is 6.48. The maximum absolute atomic E-state index is 6.05. The van der Waals surface area contributed by atoms with E-state index in [1.165, 1.54) is 6.42 Å². The van der Waals surface area contributed by atoms with Crippen LogP contribution in [-0.2, 0) is 4.74 Å². The minimum Gasteiger partial charge on any atom is -0.490 e. The number of guanidine groups is 1. The van der Waals surface area contributed by atoms with Gasteiger partial charge in [0.05, 0.1) is 6.61 Å². The van der Waals surface area contributed by atoms with Gasteiger partial charge in [0, 0.05) is 46.1 Å². The quantitative estimate of drug-likeness (QED) is 0.451. The third-order valence-corrected chi connectivity index (χ3v) is 4.17. The molecule has 0 unspecified atom stereocenters. The molecule has 0 saturated carbocycles. The van der Waals surface area contributed by atoms with Gasteiger partial charge in [-0.25, -0.2) is 0 Å². The van der Waals surface area contributed by atoms with Crippen molar-refractivity contribution in [2.75, 3.05) is 39.9 Å². The van der Waals surface area contributed by atoms with Crippen LogP contribution in [0.1, 0.15) is 32.6 Å². The number of rotatable bonds is 8. The highest BCUT2D eigenvalue weighted by Crippen LogP contribution is 2.18. The second kappa shape index (κ2) is 10.9. The van der Waals surface area contributed by atoms with E-state index in [2.05, 4.69) is 22.1 Å². The highest BCUT2D eigenvalue weighted by atomic mass is 16.5. The molecule has 5 heteroatoms. The van der Waals surface area contributed by atoms with Gasteiger partial charge in [-0.15, -0.1) is 0 Å². The van der Waals surface area contributed by atoms with Gasteiger partial charge in [0.1, 0.15) is 11.9 Å². The van der Waals surface area contributed by atoms with Crippen molar-refractivity contribution in [1.82, 2.24) is 10.2 Å². The Bertz CT molecular complexity index is 471. The summed E-state index contributed by atoms with van der Waals surface area (Å²) in [7, 11) is 1.84. The molecule has 1 saturated heterocycles. The summed E-state index contributed by atoms with van der Waals surface area (Å²) >= 11 is 0. The molecule has 24 heavy (non-hydrogen) atoms. The van der Waals surface area contributed by atoms with E-state index in [0.717, 1.165) is 63.8 Å². The predicted molar refractivity (Wildman–Crippen MR) is 98.8 cm³/mol. The van der Waals surface area contributed by atoms with Gasteiger partial charge in [-0.2, -0.15) is 0 Å². The van der Waals surface area contributed by atoms with Crippen molar-refractivity contribution in [3.8, 4) is 5.75 Å². The van der Waals surface area contributed by atoms with Gasteiger partial charge in [-0.1, -0.05) is 31.5 Å². The highest BCUT2D eigenvalue weighted by Gasteiger charge is 2.22. The van der Waals surface area contributed by atoms with E-state index >= 15 is 0 Å². The lowest BCUT2D eigenvalue weighted by atomic mass is 10.1. The molecule has 1 aliphatic heterocycles. The average molecular weight is 333 g/mol. The van der Waals surface area contributed by atoms with E-state index in [9.17, 15) is 0 Å². The van der Waals surface area contributed by atoms with Crippen molar-refractivity contribution in [2.45, 2.75) is 38.7 Å². The van der Waals surface area contributed by atoms with Gasteiger partial charge >= 0.3 is 0 Å². The smallest absolute Gasteiger partial charge is 0.193 e. The molecule has 1 fully saturated rings. The van der Waals surface area contributed by atoms with E-state index in [4.69, 9.17) is 9.47 Å². The number of para-hydroxylation sites is 1. The van der Waals surface area contributed by atoms with Gasteiger partial charge in [-0.05, 0) is 18.6 Å². The molecule has 5 nitrogen and oxygen atoms in total. The van der Waals surface area contributed by atoms with Crippen LogP contribution in [0.4, 0.5) is 0 Å². The molecule has 0 amide bonds. The summed E-state index contributed by atoms with van der Waals surface area (Å²) < 4.78 is 11.6. The number of nitrogens with zero attached hydrogens (tertiary/aromatic N) is 2. The summed E-state index contributed by atoms with van der Waals surface area (Å²) in [6, 6.07) is 10.1. The van der Waals surface area contributed by atoms with Gasteiger partial charge in [-0.3, -0.25) is 4.99 Å². The van der Waals surface area contributed by atoms with Crippen molar-refractivity contribution in [3.05, 3.63) is 30.3 Å². The largest absolute Gasteiger partial charge is 0.490 e. The molecule has 0 atom stereocenters. The van der Waals surface area contributed by atoms with Crippen LogP contribution in [0.25, 0.3) is 0 Å². The number of likely N-dealkylation sites (tertiary alicyclic amines) is 1. The first kappa shape index (κ1) is 18.6. The monoisotopic (exact) mass is 333 g/mol. The number of hydrogen-bond acceptors (Lipinski definition) is 3. The van der Waals surface area contributed by atoms with E-state index in [0.29, 0.717) is 6.10 Å². The first-order valence-corrected chi connectivity index (χ1v) is 9.08. The van der Waals surface area contributed by atoms with Crippen LogP contribution in [0.5, 0.6) is 5.75 Å². The number of nitrogens with one attached hydrogen (secondary N) is 1. The zero-order valence-electron chi connectivity index (χ0n) is 15.0. The summed E-state index contributed by atoms with van der Waals surface area (Å²) in [5.41, 5.74) is 0. The SMILES string of the molecule is CCCCOCCNC(=NC)N1CCC(Oc2ccccc2)CC1. The molecule has 2 rings (SSSR count). The fraction of sp³-hybridized carbons (Fsp3) is 0.632. The molecule has 1 aliphatic rings. The highest BCUT2D eigenvalue weighted by molar-refractivity contribution is 5.79. The molecule has 1 aromatic carbocycles. The van der Waals surface area contributed by atoms with E-state index in [1.54, 1.807) is 0 Å². The molecule has 0 aromatic heterocycles. The lowest BCUT2D eigenvalue weighted by molar-refractivity contribution is 0.125. The van der Waals surface area contributed by atoms with Crippen LogP contribution < -0.4 is 10.1 Å². The Labute approximate surface area is 146 Å². The van der Waals surface area contributed by atoms with Crippen LogP contribution in [-0.4, -0.2) is 56.9 Å². The Morgan fingerprint density at radius 2 is 1.96 bits per heavy atom. The van der Waals surface area contributed by atoms with Crippen LogP contribution in [0.15, 0.2) is 35.3 Å². The fourth-order valence-corrected chi connectivity index (χ4v) is 2.79. The van der Waals surface area contributed by atoms with Crippen molar-refractivity contribution >= 4 is 5.96 Å². The number of ether oxygens (including phenoxy) is 2. The maximum Gasteiger partial charge on any atom is 0.193 e. The van der Waals surface area contributed by atoms with E-state index in [-0.39, 0.29) is 0 Å². The molecule has 0 aliphatic carbocycles. The van der Waals surface area contributed by atoms with E-state index < -0.39 is 0 Å². The predicted octanol–water partition coefficient (Wildman–Crippen LogP) is 2.92. The Morgan fingerprint density at radius 1 is 1.21 bits per heavy atom. The Hall–Kier alpha value is -1.75. The van der Waals surface area contributed by atoms with Crippen LogP contribution in [0.3, 0.4) is 0 Å². The Balaban J connectivity index is 1.66. The lowest BCUT2D eigenvalue weighted by Gasteiger charge is -2.34. The van der Waals surface area contributed by atoms with Crippen molar-refractivity contribution in [1.29, 1.82) is 0 Å². The van der Waals surface area contributed by atoms with Gasteiger partial charge in [0.15, 0.2) is 5.96 Å². The van der Waals surface area contributed by atoms with Crippen molar-refractivity contribution < 1.29 is 9.47 Å². The molecule has 134 valence electrons. The lowest BCUT2D eigenvalue weighted by Crippen LogP contribution is -2.48. The third-order valence-electron chi connectivity index (χ3n) is 4.17. The molecular formula is C19H31N3O2. The molecular weight excluding hydrogens is 302 g/mol. The minimum atomic E-state index is 0.291. The standard InChI is InChI=1S/C19H31N3O2/c1-3-4-15-23-16-12-21-19(20-2)22-13-10-18(11-14-22)24-17-8-6-5-7-9-17/h5-9,18H,3-4,10-16H2,1-2H3,(H,20,21). The van der Waals surface area contributed by atoms with E-state index in [1.807, 2.05) is 37.4 Å². The molecule has 0 spiro atoms. The average Bonchev–Trinajstić information content (AvgIpc) is 2.63. The number of piperidine rings is 1. The first-order valence-electron chi connectivity index (χ1n) is 9.08. The first-order chi connectivity index (χ1) is 11.8. The normalized spacial score (nSPS) is 16.2. The molecule has 0 bridgehead atoms. The topological polar surface area (TPSA) is 46.1 Å². The zero-order chi connectivity index (χ0) is 17.0.